The molecular weight excluding hydrogens is 351 g/mol. The molecule has 2 aromatic carbocycles. The predicted molar refractivity (Wildman–Crippen MR) is 101 cm³/mol. The van der Waals surface area contributed by atoms with Crippen LogP contribution in [0.2, 0.25) is 0 Å². The van der Waals surface area contributed by atoms with Crippen molar-refractivity contribution in [3.05, 3.63) is 65.5 Å². The van der Waals surface area contributed by atoms with E-state index in [1.54, 1.807) is 6.92 Å². The molecule has 0 aromatic heterocycles. The third-order valence-corrected chi connectivity index (χ3v) is 7.02. The van der Waals surface area contributed by atoms with Crippen LogP contribution >= 0.6 is 0 Å². The fraction of sp³-hybridized carbons (Fsp3) is 0.400. The molecule has 0 bridgehead atoms. The Bertz CT molecular complexity index is 859. The molecule has 2 aromatic rings. The molecule has 0 saturated carbocycles. The lowest BCUT2D eigenvalue weighted by molar-refractivity contribution is 0.0698. The fourth-order valence-electron chi connectivity index (χ4n) is 3.65. The number of rotatable bonds is 4. The summed E-state index contributed by atoms with van der Waals surface area (Å²) in [5.74, 6) is -0.420. The minimum absolute atomic E-state index is 0.0921. The Morgan fingerprint density at radius 1 is 1.04 bits per heavy atom. The van der Waals surface area contributed by atoms with Crippen molar-refractivity contribution in [3.8, 4) is 0 Å². The topological polar surface area (TPSA) is 40.6 Å². The Labute approximate surface area is 155 Å². The van der Waals surface area contributed by atoms with Gasteiger partial charge in [-0.2, -0.15) is 4.31 Å². The van der Waals surface area contributed by atoms with Gasteiger partial charge in [0.15, 0.2) is 0 Å². The largest absolute Gasteiger partial charge is 0.291 e. The van der Waals surface area contributed by atoms with Crippen molar-refractivity contribution in [2.45, 2.75) is 44.3 Å². The van der Waals surface area contributed by atoms with Crippen LogP contribution in [0.4, 0.5) is 4.39 Å². The van der Waals surface area contributed by atoms with Crippen LogP contribution in [0.15, 0.2) is 53.4 Å². The lowest BCUT2D eigenvalue weighted by Gasteiger charge is -2.44. The quantitative estimate of drug-likeness (QED) is 0.821. The van der Waals surface area contributed by atoms with Crippen molar-refractivity contribution in [3.63, 3.8) is 0 Å². The lowest BCUT2D eigenvalue weighted by Crippen LogP contribution is -2.57. The van der Waals surface area contributed by atoms with Gasteiger partial charge in [0.2, 0.25) is 10.0 Å². The van der Waals surface area contributed by atoms with Gasteiger partial charge in [-0.25, -0.2) is 12.8 Å². The zero-order valence-corrected chi connectivity index (χ0v) is 16.2. The second kappa shape index (κ2) is 7.47. The molecule has 1 saturated heterocycles. The number of hydrogen-bond donors (Lipinski definition) is 0. The van der Waals surface area contributed by atoms with E-state index in [1.807, 2.05) is 18.2 Å². The summed E-state index contributed by atoms with van der Waals surface area (Å²) in [6.07, 6.45) is 0. The van der Waals surface area contributed by atoms with E-state index in [1.165, 1.54) is 28.1 Å². The highest BCUT2D eigenvalue weighted by molar-refractivity contribution is 7.89. The van der Waals surface area contributed by atoms with Crippen LogP contribution < -0.4 is 0 Å². The van der Waals surface area contributed by atoms with Gasteiger partial charge in [0, 0.05) is 31.7 Å². The number of aryl methyl sites for hydroxylation is 1. The van der Waals surface area contributed by atoms with Crippen molar-refractivity contribution in [1.82, 2.24) is 9.21 Å². The summed E-state index contributed by atoms with van der Waals surface area (Å²) in [6.45, 7) is 7.39. The number of sulfonamides is 1. The van der Waals surface area contributed by atoms with E-state index in [2.05, 4.69) is 30.9 Å². The minimum Gasteiger partial charge on any atom is -0.291 e. The first-order valence-corrected chi connectivity index (χ1v) is 10.3. The van der Waals surface area contributed by atoms with Gasteiger partial charge in [-0.15, -0.1) is 0 Å². The van der Waals surface area contributed by atoms with Crippen molar-refractivity contribution in [2.75, 3.05) is 13.1 Å². The van der Waals surface area contributed by atoms with Gasteiger partial charge in [0.05, 0.1) is 4.90 Å². The van der Waals surface area contributed by atoms with Crippen LogP contribution in [0.1, 0.15) is 25.0 Å². The summed E-state index contributed by atoms with van der Waals surface area (Å²) >= 11 is 0. The molecule has 26 heavy (non-hydrogen) atoms. The summed E-state index contributed by atoms with van der Waals surface area (Å²) < 4.78 is 41.0. The Balaban J connectivity index is 1.80. The van der Waals surface area contributed by atoms with E-state index in [4.69, 9.17) is 0 Å². The molecule has 0 aliphatic carbocycles. The molecule has 1 aliphatic heterocycles. The lowest BCUT2D eigenvalue weighted by atomic mass is 10.1. The van der Waals surface area contributed by atoms with E-state index in [0.717, 1.165) is 6.54 Å². The monoisotopic (exact) mass is 376 g/mol. The molecule has 3 rings (SSSR count). The van der Waals surface area contributed by atoms with Gasteiger partial charge in [-0.05, 0) is 50.1 Å². The van der Waals surface area contributed by atoms with Gasteiger partial charge in [0.25, 0.3) is 0 Å². The summed E-state index contributed by atoms with van der Waals surface area (Å²) in [5, 5.41) is 0. The number of benzene rings is 2. The maximum Gasteiger partial charge on any atom is 0.243 e. The zero-order chi connectivity index (χ0) is 18.9. The minimum atomic E-state index is -3.63. The van der Waals surface area contributed by atoms with Gasteiger partial charge in [-0.1, -0.05) is 30.3 Å². The number of piperazine rings is 1. The number of halogens is 1. The molecule has 4 nitrogen and oxygen atoms in total. The third-order valence-electron chi connectivity index (χ3n) is 5.03. The van der Waals surface area contributed by atoms with Gasteiger partial charge in [-0.3, -0.25) is 4.90 Å². The molecule has 0 radical (unpaired) electrons. The molecule has 6 heteroatoms. The molecule has 1 fully saturated rings. The van der Waals surface area contributed by atoms with Gasteiger partial charge >= 0.3 is 0 Å². The first kappa shape index (κ1) is 19.0. The second-order valence-corrected chi connectivity index (χ2v) is 8.99. The third kappa shape index (κ3) is 3.82. The van der Waals surface area contributed by atoms with Crippen LogP contribution in [0.25, 0.3) is 0 Å². The number of hydrogen-bond acceptors (Lipinski definition) is 3. The molecule has 1 heterocycles. The summed E-state index contributed by atoms with van der Waals surface area (Å²) in [6, 6.07) is 14.2. The maximum atomic E-state index is 13.3. The Kier molecular flexibility index (Phi) is 5.46. The summed E-state index contributed by atoms with van der Waals surface area (Å²) in [4.78, 5) is 2.52. The Morgan fingerprint density at radius 3 is 2.23 bits per heavy atom. The van der Waals surface area contributed by atoms with Crippen LogP contribution in [0.3, 0.4) is 0 Å². The summed E-state index contributed by atoms with van der Waals surface area (Å²) in [7, 11) is -3.63. The normalized spacial score (nSPS) is 22.5. The smallest absolute Gasteiger partial charge is 0.243 e. The van der Waals surface area contributed by atoms with Crippen LogP contribution in [-0.4, -0.2) is 42.8 Å². The first-order chi connectivity index (χ1) is 12.3. The average molecular weight is 376 g/mol. The molecule has 2 atom stereocenters. The molecule has 0 spiro atoms. The van der Waals surface area contributed by atoms with Crippen LogP contribution in [0, 0.1) is 12.7 Å². The van der Waals surface area contributed by atoms with E-state index in [-0.39, 0.29) is 17.0 Å². The molecule has 2 unspecified atom stereocenters. The van der Waals surface area contributed by atoms with Gasteiger partial charge < -0.3 is 0 Å². The average Bonchev–Trinajstić information content (AvgIpc) is 2.58. The predicted octanol–water partition coefficient (Wildman–Crippen LogP) is 3.42. The van der Waals surface area contributed by atoms with Crippen molar-refractivity contribution < 1.29 is 12.8 Å². The second-order valence-electron chi connectivity index (χ2n) is 7.09. The molecule has 140 valence electrons. The first-order valence-electron chi connectivity index (χ1n) is 8.85. The van der Waals surface area contributed by atoms with E-state index >= 15 is 0 Å². The number of nitrogens with zero attached hydrogens (tertiary/aromatic N) is 2. The molecule has 0 N–H and O–H groups in total. The van der Waals surface area contributed by atoms with E-state index in [0.29, 0.717) is 18.7 Å². The van der Waals surface area contributed by atoms with Crippen LogP contribution in [0.5, 0.6) is 0 Å². The molecular formula is C20H25FN2O2S. The highest BCUT2D eigenvalue weighted by Crippen LogP contribution is 2.26. The standard InChI is InChI=1S/C20H25FN2O2S/c1-15-11-19(21)9-10-20(15)26(24,25)22-12-16(2)23(17(3)13-22)14-18-7-5-4-6-8-18/h4-11,16-17H,12-14H2,1-3H3. The van der Waals surface area contributed by atoms with Gasteiger partial charge in [0.1, 0.15) is 5.82 Å². The highest BCUT2D eigenvalue weighted by Gasteiger charge is 2.36. The highest BCUT2D eigenvalue weighted by atomic mass is 32.2. The van der Waals surface area contributed by atoms with Crippen molar-refractivity contribution >= 4 is 10.0 Å². The fourth-order valence-corrected chi connectivity index (χ4v) is 5.46. The van der Waals surface area contributed by atoms with Crippen molar-refractivity contribution in [1.29, 1.82) is 0 Å². The Hall–Kier alpha value is -1.76. The van der Waals surface area contributed by atoms with E-state index < -0.39 is 15.8 Å². The van der Waals surface area contributed by atoms with Crippen molar-refractivity contribution in [2.24, 2.45) is 0 Å². The summed E-state index contributed by atoms with van der Waals surface area (Å²) in [5.41, 5.74) is 1.66. The molecule has 1 aliphatic rings. The van der Waals surface area contributed by atoms with E-state index in [9.17, 15) is 12.8 Å². The molecule has 0 amide bonds. The van der Waals surface area contributed by atoms with Crippen LogP contribution in [-0.2, 0) is 16.6 Å². The SMILES string of the molecule is Cc1cc(F)ccc1S(=O)(=O)N1CC(C)N(Cc2ccccc2)C(C)C1. The zero-order valence-electron chi connectivity index (χ0n) is 15.4. The maximum absolute atomic E-state index is 13.3. The Morgan fingerprint density at radius 2 is 1.65 bits per heavy atom.